The minimum atomic E-state index is -0.470. The average Bonchev–Trinajstić information content (AvgIpc) is 2.84. The molecule has 0 aliphatic heterocycles. The van der Waals surface area contributed by atoms with Crippen molar-refractivity contribution >= 4 is 22.5 Å². The van der Waals surface area contributed by atoms with Gasteiger partial charge in [-0.05, 0) is 6.07 Å². The van der Waals surface area contributed by atoms with E-state index in [9.17, 15) is 19.8 Å². The highest BCUT2D eigenvalue weighted by Crippen LogP contribution is 2.40. The highest BCUT2D eigenvalue weighted by Gasteiger charge is 2.36. The van der Waals surface area contributed by atoms with E-state index >= 15 is 0 Å². The Morgan fingerprint density at radius 2 is 1.86 bits per heavy atom. The number of fused-ring (bicyclic) bond motifs is 4. The summed E-state index contributed by atoms with van der Waals surface area (Å²) in [6.07, 6.45) is 2.73. The Labute approximate surface area is 117 Å². The van der Waals surface area contributed by atoms with Gasteiger partial charge >= 0.3 is 0 Å². The molecule has 102 valence electrons. The Morgan fingerprint density at radius 1 is 1.05 bits per heavy atom. The van der Waals surface area contributed by atoms with E-state index < -0.39 is 11.6 Å². The molecule has 2 aromatic heterocycles. The lowest BCUT2D eigenvalue weighted by Crippen LogP contribution is -2.19. The number of carbonyl (C=O) groups is 2. The van der Waals surface area contributed by atoms with Crippen LogP contribution in [0.1, 0.15) is 32.0 Å². The third kappa shape index (κ3) is 1.38. The molecule has 0 unspecified atom stereocenters. The van der Waals surface area contributed by atoms with Gasteiger partial charge in [-0.1, -0.05) is 0 Å². The van der Waals surface area contributed by atoms with Crippen molar-refractivity contribution in [2.45, 2.75) is 0 Å². The lowest BCUT2D eigenvalue weighted by Gasteiger charge is -2.12. The molecule has 2 heterocycles. The molecule has 1 aromatic carbocycles. The van der Waals surface area contributed by atoms with E-state index in [0.717, 1.165) is 6.07 Å². The second-order valence-corrected chi connectivity index (χ2v) is 4.72. The first-order valence-corrected chi connectivity index (χ1v) is 6.10. The van der Waals surface area contributed by atoms with Crippen molar-refractivity contribution in [1.29, 1.82) is 0 Å². The summed E-state index contributed by atoms with van der Waals surface area (Å²) in [5.41, 5.74) is 0.488. The average molecular weight is 281 g/mol. The Balaban J connectivity index is 2.14. The molecule has 0 atom stereocenters. The van der Waals surface area contributed by atoms with E-state index in [0.29, 0.717) is 0 Å². The van der Waals surface area contributed by atoms with Gasteiger partial charge in [0.25, 0.3) is 0 Å². The molecule has 0 amide bonds. The maximum absolute atomic E-state index is 12.6. The molecule has 1 aliphatic carbocycles. The molecule has 6 heteroatoms. The molecule has 0 spiro atoms. The number of pyridine rings is 1. The maximum atomic E-state index is 12.6. The van der Waals surface area contributed by atoms with Crippen molar-refractivity contribution < 1.29 is 24.2 Å². The third-order valence-corrected chi connectivity index (χ3v) is 3.50. The smallest absolute Gasteiger partial charge is 0.231 e. The van der Waals surface area contributed by atoms with Gasteiger partial charge in [0.15, 0.2) is 11.5 Å². The zero-order valence-corrected chi connectivity index (χ0v) is 10.5. The Morgan fingerprint density at radius 3 is 2.67 bits per heavy atom. The van der Waals surface area contributed by atoms with Crippen LogP contribution >= 0.6 is 0 Å². The summed E-state index contributed by atoms with van der Waals surface area (Å²) in [7, 11) is 0. The number of aromatic nitrogens is 1. The number of phenols is 2. The van der Waals surface area contributed by atoms with Crippen LogP contribution in [0.15, 0.2) is 35.0 Å². The van der Waals surface area contributed by atoms with Crippen LogP contribution in [0.25, 0.3) is 11.0 Å². The Hall–Kier alpha value is -3.15. The standard InChI is InChI=1S/C15H7NO5/c17-6-3-9(18)11-10(4-6)21-15-12(11)13(19)7-1-2-16-5-8(7)14(15)20/h1-5,17-18H. The fraction of sp³-hybridized carbons (Fsp3) is 0. The summed E-state index contributed by atoms with van der Waals surface area (Å²) in [6, 6.07) is 3.80. The van der Waals surface area contributed by atoms with Crippen molar-refractivity contribution in [2.75, 3.05) is 0 Å². The van der Waals surface area contributed by atoms with Gasteiger partial charge in [-0.2, -0.15) is 0 Å². The number of ketones is 2. The van der Waals surface area contributed by atoms with Crippen LogP contribution in [0.2, 0.25) is 0 Å². The van der Waals surface area contributed by atoms with Gasteiger partial charge in [0.2, 0.25) is 5.78 Å². The predicted molar refractivity (Wildman–Crippen MR) is 70.6 cm³/mol. The summed E-state index contributed by atoms with van der Waals surface area (Å²) < 4.78 is 5.37. The Bertz CT molecular complexity index is 954. The molecule has 1 aliphatic rings. The first-order chi connectivity index (χ1) is 10.1. The van der Waals surface area contributed by atoms with Crippen molar-refractivity contribution in [2.24, 2.45) is 0 Å². The van der Waals surface area contributed by atoms with Gasteiger partial charge in [-0.25, -0.2) is 0 Å². The quantitative estimate of drug-likeness (QED) is 0.511. The molecule has 21 heavy (non-hydrogen) atoms. The lowest BCUT2D eigenvalue weighted by molar-refractivity contribution is 0.0961. The zero-order chi connectivity index (χ0) is 14.7. The van der Waals surface area contributed by atoms with E-state index in [-0.39, 0.29) is 44.9 Å². The first kappa shape index (κ1) is 11.7. The first-order valence-electron chi connectivity index (χ1n) is 6.10. The number of hydrogen-bond acceptors (Lipinski definition) is 6. The van der Waals surface area contributed by atoms with E-state index in [2.05, 4.69) is 4.98 Å². The number of carbonyl (C=O) groups excluding carboxylic acids is 2. The molecule has 0 saturated heterocycles. The van der Waals surface area contributed by atoms with E-state index in [4.69, 9.17) is 4.42 Å². The summed E-state index contributed by atoms with van der Waals surface area (Å²) in [5, 5.41) is 19.6. The summed E-state index contributed by atoms with van der Waals surface area (Å²) in [4.78, 5) is 28.8. The van der Waals surface area contributed by atoms with Crippen LogP contribution in [0.5, 0.6) is 11.5 Å². The predicted octanol–water partition coefficient (Wildman–Crippen LogP) is 2.01. The number of benzene rings is 1. The van der Waals surface area contributed by atoms with Gasteiger partial charge in [0.1, 0.15) is 17.1 Å². The van der Waals surface area contributed by atoms with Gasteiger partial charge in [0.05, 0.1) is 16.5 Å². The van der Waals surface area contributed by atoms with Crippen molar-refractivity contribution in [3.8, 4) is 11.5 Å². The molecule has 0 bridgehead atoms. The van der Waals surface area contributed by atoms with Crippen molar-refractivity contribution in [3.05, 3.63) is 53.0 Å². The van der Waals surface area contributed by atoms with Crippen molar-refractivity contribution in [3.63, 3.8) is 0 Å². The number of hydrogen-bond donors (Lipinski definition) is 2. The number of rotatable bonds is 0. The number of aromatic hydroxyl groups is 2. The van der Waals surface area contributed by atoms with E-state index in [1.165, 1.54) is 24.5 Å². The minimum absolute atomic E-state index is 0.0196. The third-order valence-electron chi connectivity index (χ3n) is 3.50. The van der Waals surface area contributed by atoms with Gasteiger partial charge in [-0.3, -0.25) is 14.6 Å². The van der Waals surface area contributed by atoms with Crippen molar-refractivity contribution in [1.82, 2.24) is 4.98 Å². The topological polar surface area (TPSA) is 101 Å². The second kappa shape index (κ2) is 3.69. The van der Waals surface area contributed by atoms with Crippen LogP contribution in [0.4, 0.5) is 0 Å². The zero-order valence-electron chi connectivity index (χ0n) is 10.5. The highest BCUT2D eigenvalue weighted by atomic mass is 16.3. The molecule has 6 nitrogen and oxygen atoms in total. The Kier molecular flexibility index (Phi) is 2.05. The molecular weight excluding hydrogens is 274 g/mol. The molecule has 0 saturated carbocycles. The second-order valence-electron chi connectivity index (χ2n) is 4.72. The molecule has 2 N–H and O–H groups in total. The lowest BCUT2D eigenvalue weighted by atomic mass is 9.88. The maximum Gasteiger partial charge on any atom is 0.231 e. The van der Waals surface area contributed by atoms with E-state index in [1.807, 2.05) is 0 Å². The van der Waals surface area contributed by atoms with Gasteiger partial charge in [-0.15, -0.1) is 0 Å². The number of nitrogens with zero attached hydrogens (tertiary/aromatic N) is 1. The molecule has 4 rings (SSSR count). The summed E-state index contributed by atoms with van der Waals surface area (Å²) >= 11 is 0. The normalized spacial score (nSPS) is 13.3. The molecular formula is C15H7NO5. The largest absolute Gasteiger partial charge is 0.508 e. The van der Waals surface area contributed by atoms with Crippen LogP contribution in [-0.4, -0.2) is 26.8 Å². The van der Waals surface area contributed by atoms with Crippen LogP contribution < -0.4 is 0 Å². The fourth-order valence-corrected chi connectivity index (χ4v) is 2.60. The number of furan rings is 1. The van der Waals surface area contributed by atoms with Gasteiger partial charge in [0, 0.05) is 30.1 Å². The minimum Gasteiger partial charge on any atom is -0.508 e. The fourth-order valence-electron chi connectivity index (χ4n) is 2.60. The molecule has 0 fully saturated rings. The molecule has 3 aromatic rings. The number of phenolic OH excluding ortho intramolecular Hbond substituents is 2. The van der Waals surface area contributed by atoms with Crippen LogP contribution in [0, 0.1) is 0 Å². The molecule has 0 radical (unpaired) electrons. The summed E-state index contributed by atoms with van der Waals surface area (Å²) in [6.45, 7) is 0. The summed E-state index contributed by atoms with van der Waals surface area (Å²) in [5.74, 6) is -1.56. The highest BCUT2D eigenvalue weighted by molar-refractivity contribution is 6.31. The SMILES string of the molecule is O=C1c2cnccc2C(=O)c2c1oc1cc(O)cc(O)c21. The monoisotopic (exact) mass is 281 g/mol. The van der Waals surface area contributed by atoms with Crippen LogP contribution in [0.3, 0.4) is 0 Å². The van der Waals surface area contributed by atoms with Gasteiger partial charge < -0.3 is 14.6 Å². The van der Waals surface area contributed by atoms with Crippen LogP contribution in [-0.2, 0) is 0 Å². The van der Waals surface area contributed by atoms with E-state index in [1.54, 1.807) is 0 Å².